The third kappa shape index (κ3) is 3.79. The Morgan fingerprint density at radius 2 is 2.20 bits per heavy atom. The van der Waals surface area contributed by atoms with E-state index in [0.717, 1.165) is 12.3 Å². The predicted molar refractivity (Wildman–Crippen MR) is 43.5 cm³/mol. The molecule has 1 aromatic rings. The van der Waals surface area contributed by atoms with Gasteiger partial charge in [-0.2, -0.15) is 18.3 Å². The predicted octanol–water partition coefficient (Wildman–Crippen LogP) is 1.15. The molecular weight excluding hydrogens is 215 g/mol. The van der Waals surface area contributed by atoms with Gasteiger partial charge in [-0.15, -0.1) is 5.10 Å². The van der Waals surface area contributed by atoms with Gasteiger partial charge in [0.05, 0.1) is 11.8 Å². The van der Waals surface area contributed by atoms with Crippen molar-refractivity contribution in [1.82, 2.24) is 10.2 Å². The SMILES string of the molecule is O=C(O)c1cnnc(NCC(F)(F)F)c1. The molecule has 15 heavy (non-hydrogen) atoms. The molecule has 0 fully saturated rings. The second kappa shape index (κ2) is 4.11. The number of halogens is 3. The molecule has 0 aromatic carbocycles. The summed E-state index contributed by atoms with van der Waals surface area (Å²) >= 11 is 0. The molecule has 0 spiro atoms. The molecule has 1 aromatic heterocycles. The first-order valence-corrected chi connectivity index (χ1v) is 3.75. The summed E-state index contributed by atoms with van der Waals surface area (Å²) in [6, 6.07) is 0.973. The molecule has 5 nitrogen and oxygen atoms in total. The van der Waals surface area contributed by atoms with Gasteiger partial charge in [-0.1, -0.05) is 0 Å². The highest BCUT2D eigenvalue weighted by Gasteiger charge is 2.26. The second-order valence-electron chi connectivity index (χ2n) is 2.60. The van der Waals surface area contributed by atoms with Crippen molar-refractivity contribution in [3.63, 3.8) is 0 Å². The van der Waals surface area contributed by atoms with Gasteiger partial charge in [-0.25, -0.2) is 4.79 Å². The van der Waals surface area contributed by atoms with E-state index in [2.05, 4.69) is 10.2 Å². The van der Waals surface area contributed by atoms with Gasteiger partial charge in [-0.05, 0) is 6.07 Å². The standard InChI is InChI=1S/C7H6F3N3O2/c8-7(9,10)3-11-5-1-4(6(14)15)2-12-13-5/h1-2H,3H2,(H,11,13)(H,14,15). The lowest BCUT2D eigenvalue weighted by atomic mass is 10.3. The van der Waals surface area contributed by atoms with Gasteiger partial charge in [0.15, 0.2) is 0 Å². The number of carboxylic acids is 1. The van der Waals surface area contributed by atoms with Gasteiger partial charge in [-0.3, -0.25) is 0 Å². The lowest BCUT2D eigenvalue weighted by molar-refractivity contribution is -0.115. The van der Waals surface area contributed by atoms with Gasteiger partial charge in [0, 0.05) is 0 Å². The topological polar surface area (TPSA) is 75.1 Å². The van der Waals surface area contributed by atoms with Crippen LogP contribution in [0, 0.1) is 0 Å². The summed E-state index contributed by atoms with van der Waals surface area (Å²) in [7, 11) is 0. The molecule has 1 heterocycles. The molecule has 0 saturated carbocycles. The van der Waals surface area contributed by atoms with Crippen LogP contribution < -0.4 is 5.32 Å². The lowest BCUT2D eigenvalue weighted by Crippen LogP contribution is -2.22. The zero-order valence-corrected chi connectivity index (χ0v) is 7.25. The highest BCUT2D eigenvalue weighted by atomic mass is 19.4. The fraction of sp³-hybridized carbons (Fsp3) is 0.286. The fourth-order valence-electron chi connectivity index (χ4n) is 0.761. The molecule has 0 atom stereocenters. The number of rotatable bonds is 3. The van der Waals surface area contributed by atoms with Crippen molar-refractivity contribution in [1.29, 1.82) is 0 Å². The van der Waals surface area contributed by atoms with Gasteiger partial charge >= 0.3 is 12.1 Å². The number of hydrogen-bond acceptors (Lipinski definition) is 4. The number of hydrogen-bond donors (Lipinski definition) is 2. The van der Waals surface area contributed by atoms with Crippen LogP contribution in [0.3, 0.4) is 0 Å². The number of aromatic carboxylic acids is 1. The van der Waals surface area contributed by atoms with Crippen molar-refractivity contribution in [2.75, 3.05) is 11.9 Å². The summed E-state index contributed by atoms with van der Waals surface area (Å²) in [4.78, 5) is 10.4. The Morgan fingerprint density at radius 1 is 1.53 bits per heavy atom. The minimum absolute atomic E-state index is 0.227. The van der Waals surface area contributed by atoms with E-state index in [4.69, 9.17) is 5.11 Å². The van der Waals surface area contributed by atoms with Gasteiger partial charge in [0.25, 0.3) is 0 Å². The van der Waals surface area contributed by atoms with E-state index < -0.39 is 18.7 Å². The van der Waals surface area contributed by atoms with Crippen LogP contribution in [-0.4, -0.2) is 34.0 Å². The number of nitrogens with zero attached hydrogens (tertiary/aromatic N) is 2. The molecule has 0 unspecified atom stereocenters. The Bertz CT molecular complexity index is 367. The molecule has 0 radical (unpaired) electrons. The lowest BCUT2D eigenvalue weighted by Gasteiger charge is -2.07. The van der Waals surface area contributed by atoms with Crippen LogP contribution in [0.25, 0.3) is 0 Å². The molecule has 82 valence electrons. The fourth-order valence-corrected chi connectivity index (χ4v) is 0.761. The zero-order valence-electron chi connectivity index (χ0n) is 7.25. The maximum absolute atomic E-state index is 11.8. The number of carbonyl (C=O) groups is 1. The van der Waals surface area contributed by atoms with Crippen LogP contribution in [-0.2, 0) is 0 Å². The molecule has 0 bridgehead atoms. The Labute approximate surface area is 81.9 Å². The molecule has 0 aliphatic carbocycles. The third-order valence-corrected chi connectivity index (χ3v) is 1.37. The van der Waals surface area contributed by atoms with E-state index in [-0.39, 0.29) is 11.4 Å². The third-order valence-electron chi connectivity index (χ3n) is 1.37. The maximum Gasteiger partial charge on any atom is 0.405 e. The van der Waals surface area contributed by atoms with E-state index >= 15 is 0 Å². The molecule has 2 N–H and O–H groups in total. The summed E-state index contributed by atoms with van der Waals surface area (Å²) in [5.41, 5.74) is -0.227. The first-order valence-electron chi connectivity index (χ1n) is 3.75. The molecule has 1 rings (SSSR count). The van der Waals surface area contributed by atoms with Crippen LogP contribution in [0.5, 0.6) is 0 Å². The van der Waals surface area contributed by atoms with E-state index in [9.17, 15) is 18.0 Å². The smallest absolute Gasteiger partial charge is 0.405 e. The minimum Gasteiger partial charge on any atom is -0.478 e. The summed E-state index contributed by atoms with van der Waals surface area (Å²) in [6.45, 7) is -1.29. The molecular formula is C7H6F3N3O2. The average molecular weight is 221 g/mol. The molecule has 0 aliphatic rings. The summed E-state index contributed by atoms with van der Waals surface area (Å²) < 4.78 is 35.3. The quantitative estimate of drug-likeness (QED) is 0.800. The number of nitrogens with one attached hydrogen (secondary N) is 1. The first kappa shape index (κ1) is 11.2. The second-order valence-corrected chi connectivity index (χ2v) is 2.60. The summed E-state index contributed by atoms with van der Waals surface area (Å²) in [6.07, 6.45) is -3.44. The molecule has 0 aliphatic heterocycles. The average Bonchev–Trinajstić information content (AvgIpc) is 2.14. The molecule has 0 saturated heterocycles. The highest BCUT2D eigenvalue weighted by Crippen LogP contribution is 2.15. The Balaban J connectivity index is 2.70. The Hall–Kier alpha value is -1.86. The Kier molecular flexibility index (Phi) is 3.08. The number of aromatic nitrogens is 2. The van der Waals surface area contributed by atoms with Crippen molar-refractivity contribution < 1.29 is 23.1 Å². The van der Waals surface area contributed by atoms with E-state index in [1.165, 1.54) is 0 Å². The first-order chi connectivity index (χ1) is 6.88. The monoisotopic (exact) mass is 221 g/mol. The van der Waals surface area contributed by atoms with Gasteiger partial charge < -0.3 is 10.4 Å². The largest absolute Gasteiger partial charge is 0.478 e. The highest BCUT2D eigenvalue weighted by molar-refractivity contribution is 5.87. The van der Waals surface area contributed by atoms with Crippen LogP contribution in [0.1, 0.15) is 10.4 Å². The minimum atomic E-state index is -4.39. The van der Waals surface area contributed by atoms with Gasteiger partial charge in [0.1, 0.15) is 12.4 Å². The number of carboxylic acid groups (broad SMARTS) is 1. The number of anilines is 1. The zero-order chi connectivity index (χ0) is 11.5. The molecule has 8 heteroatoms. The van der Waals surface area contributed by atoms with Crippen LogP contribution in [0.15, 0.2) is 12.3 Å². The van der Waals surface area contributed by atoms with Crippen molar-refractivity contribution in [3.8, 4) is 0 Å². The molecule has 0 amide bonds. The van der Waals surface area contributed by atoms with Crippen molar-refractivity contribution in [3.05, 3.63) is 17.8 Å². The summed E-state index contributed by atoms with van der Waals surface area (Å²) in [5.74, 6) is -1.51. The maximum atomic E-state index is 11.8. The van der Waals surface area contributed by atoms with Crippen molar-refractivity contribution in [2.24, 2.45) is 0 Å². The van der Waals surface area contributed by atoms with Gasteiger partial charge in [0.2, 0.25) is 0 Å². The summed E-state index contributed by atoms with van der Waals surface area (Å²) in [5, 5.41) is 17.0. The van der Waals surface area contributed by atoms with E-state index in [1.54, 1.807) is 0 Å². The number of alkyl halides is 3. The normalized spacial score (nSPS) is 11.1. The van der Waals surface area contributed by atoms with Crippen molar-refractivity contribution in [2.45, 2.75) is 6.18 Å². The van der Waals surface area contributed by atoms with Crippen LogP contribution in [0.4, 0.5) is 19.0 Å². The van der Waals surface area contributed by atoms with Crippen LogP contribution in [0.2, 0.25) is 0 Å². The van der Waals surface area contributed by atoms with Crippen molar-refractivity contribution >= 4 is 11.8 Å². The van der Waals surface area contributed by atoms with E-state index in [0.29, 0.717) is 0 Å². The van der Waals surface area contributed by atoms with Crippen LogP contribution >= 0.6 is 0 Å². The van der Waals surface area contributed by atoms with E-state index in [1.807, 2.05) is 5.32 Å². The Morgan fingerprint density at radius 3 is 2.73 bits per heavy atom.